The van der Waals surface area contributed by atoms with Crippen molar-refractivity contribution < 1.29 is 23.2 Å². The summed E-state index contributed by atoms with van der Waals surface area (Å²) >= 11 is 24.7. The first-order valence-corrected chi connectivity index (χ1v) is 10.9. The summed E-state index contributed by atoms with van der Waals surface area (Å²) in [6.45, 7) is 0. The predicted octanol–water partition coefficient (Wildman–Crippen LogP) is 5.89. The highest BCUT2D eigenvalue weighted by atomic mass is 35.5. The van der Waals surface area contributed by atoms with E-state index in [-0.39, 0.29) is 31.8 Å². The Morgan fingerprint density at radius 1 is 0.793 bits per heavy atom. The predicted molar refractivity (Wildman–Crippen MR) is 114 cm³/mol. The molecule has 0 aliphatic carbocycles. The molecule has 0 bridgehead atoms. The Kier molecular flexibility index (Phi) is 5.98. The molecule has 10 heteroatoms. The Morgan fingerprint density at radius 3 is 2.00 bits per heavy atom. The standard InChI is InChI=1S/C19H12Cl4O5S/c20-12-8-4-7-11(18(12)25)19(29(26,27)28,10-5-2-1-3-6-10)15-13(21)9-14(24)16(22)17(15)23/h1-9,24-25H,(H,26,27,28). The molecule has 0 aliphatic heterocycles. The summed E-state index contributed by atoms with van der Waals surface area (Å²) in [5.41, 5.74) is -0.648. The molecule has 3 N–H and O–H groups in total. The highest BCUT2D eigenvalue weighted by Gasteiger charge is 2.53. The smallest absolute Gasteiger partial charge is 0.283 e. The number of hydrogen-bond donors (Lipinski definition) is 3. The molecule has 0 fully saturated rings. The first-order valence-electron chi connectivity index (χ1n) is 7.91. The van der Waals surface area contributed by atoms with E-state index in [4.69, 9.17) is 46.4 Å². The van der Waals surface area contributed by atoms with E-state index in [2.05, 4.69) is 0 Å². The van der Waals surface area contributed by atoms with Gasteiger partial charge in [-0.25, -0.2) is 0 Å². The fourth-order valence-electron chi connectivity index (χ4n) is 3.23. The summed E-state index contributed by atoms with van der Waals surface area (Å²) in [4.78, 5) is 0. The molecule has 1 unspecified atom stereocenters. The number of aromatic hydroxyl groups is 2. The van der Waals surface area contributed by atoms with Gasteiger partial charge in [-0.3, -0.25) is 4.55 Å². The first-order chi connectivity index (χ1) is 13.5. The summed E-state index contributed by atoms with van der Waals surface area (Å²) in [7, 11) is -5.13. The van der Waals surface area contributed by atoms with Crippen LogP contribution in [-0.4, -0.2) is 23.2 Å². The van der Waals surface area contributed by atoms with Gasteiger partial charge in [-0.2, -0.15) is 8.42 Å². The number of phenolic OH excluding ortho intramolecular Hbond substituents is 2. The maximum absolute atomic E-state index is 13.0. The van der Waals surface area contributed by atoms with Crippen LogP contribution in [-0.2, 0) is 14.9 Å². The van der Waals surface area contributed by atoms with Gasteiger partial charge in [-0.15, -0.1) is 0 Å². The van der Waals surface area contributed by atoms with Crippen LogP contribution in [0.1, 0.15) is 16.7 Å². The molecule has 0 aliphatic rings. The highest BCUT2D eigenvalue weighted by molar-refractivity contribution is 7.87. The van der Waals surface area contributed by atoms with Gasteiger partial charge in [0.1, 0.15) is 16.5 Å². The second-order valence-corrected chi connectivity index (χ2v) is 9.17. The number of benzene rings is 3. The van der Waals surface area contributed by atoms with Crippen molar-refractivity contribution in [2.45, 2.75) is 4.75 Å². The fourth-order valence-corrected chi connectivity index (χ4v) is 5.74. The number of halogens is 4. The molecule has 152 valence electrons. The SMILES string of the molecule is O=S(=O)(O)C(c1ccccc1)(c1cccc(Cl)c1O)c1c(Cl)cc(O)c(Cl)c1Cl. The van der Waals surface area contributed by atoms with Gasteiger partial charge in [0.15, 0.2) is 4.75 Å². The lowest BCUT2D eigenvalue weighted by atomic mass is 9.83. The minimum atomic E-state index is -5.13. The first kappa shape index (κ1) is 22.0. The summed E-state index contributed by atoms with van der Waals surface area (Å²) in [5.74, 6) is -1.09. The molecular formula is C19H12Cl4O5S. The third-order valence-corrected chi connectivity index (χ3v) is 7.32. The normalized spacial score (nSPS) is 13.8. The van der Waals surface area contributed by atoms with Crippen LogP contribution in [0.25, 0.3) is 0 Å². The van der Waals surface area contributed by atoms with Crippen molar-refractivity contribution >= 4 is 56.5 Å². The van der Waals surface area contributed by atoms with Gasteiger partial charge in [0.2, 0.25) is 0 Å². The van der Waals surface area contributed by atoms with Crippen LogP contribution in [0.2, 0.25) is 20.1 Å². The van der Waals surface area contributed by atoms with E-state index in [9.17, 15) is 23.2 Å². The van der Waals surface area contributed by atoms with E-state index < -0.39 is 31.4 Å². The summed E-state index contributed by atoms with van der Waals surface area (Å²) in [6, 6.07) is 12.5. The Balaban J connectivity index is 2.67. The molecule has 3 aromatic rings. The molecule has 0 aromatic heterocycles. The lowest BCUT2D eigenvalue weighted by Crippen LogP contribution is -2.39. The van der Waals surface area contributed by atoms with Crippen LogP contribution in [0, 0.1) is 0 Å². The van der Waals surface area contributed by atoms with E-state index in [0.717, 1.165) is 6.07 Å². The highest BCUT2D eigenvalue weighted by Crippen LogP contribution is 2.54. The zero-order valence-corrected chi connectivity index (χ0v) is 18.1. The molecule has 0 spiro atoms. The van der Waals surface area contributed by atoms with Crippen molar-refractivity contribution in [3.05, 3.63) is 91.4 Å². The molecule has 0 saturated carbocycles. The molecule has 3 aromatic carbocycles. The van der Waals surface area contributed by atoms with Crippen LogP contribution in [0.3, 0.4) is 0 Å². The molecule has 29 heavy (non-hydrogen) atoms. The minimum absolute atomic E-state index is 0.00521. The fraction of sp³-hybridized carbons (Fsp3) is 0.0526. The number of para-hydroxylation sites is 1. The van der Waals surface area contributed by atoms with Crippen molar-refractivity contribution in [3.8, 4) is 11.5 Å². The quantitative estimate of drug-likeness (QED) is 0.239. The van der Waals surface area contributed by atoms with Crippen molar-refractivity contribution in [1.29, 1.82) is 0 Å². The van der Waals surface area contributed by atoms with E-state index in [1.807, 2.05) is 0 Å². The lowest BCUT2D eigenvalue weighted by Gasteiger charge is -2.34. The second-order valence-electron chi connectivity index (χ2n) is 6.04. The van der Waals surface area contributed by atoms with Crippen molar-refractivity contribution in [3.63, 3.8) is 0 Å². The van der Waals surface area contributed by atoms with E-state index >= 15 is 0 Å². The third-order valence-electron chi connectivity index (χ3n) is 4.42. The van der Waals surface area contributed by atoms with Crippen molar-refractivity contribution in [1.82, 2.24) is 0 Å². The average molecular weight is 494 g/mol. The van der Waals surface area contributed by atoms with Gasteiger partial charge in [-0.05, 0) is 11.6 Å². The Morgan fingerprint density at radius 2 is 1.41 bits per heavy atom. The number of phenols is 2. The second kappa shape index (κ2) is 7.87. The van der Waals surface area contributed by atoms with Crippen LogP contribution in [0.5, 0.6) is 11.5 Å². The molecule has 1 atom stereocenters. The summed E-state index contributed by atoms with van der Waals surface area (Å²) in [5, 5.41) is 19.3. The van der Waals surface area contributed by atoms with E-state index in [1.54, 1.807) is 6.07 Å². The molecule has 5 nitrogen and oxygen atoms in total. The number of hydrogen-bond acceptors (Lipinski definition) is 4. The molecule has 0 heterocycles. The van der Waals surface area contributed by atoms with Gasteiger partial charge in [0.05, 0.1) is 15.1 Å². The van der Waals surface area contributed by atoms with Crippen LogP contribution < -0.4 is 0 Å². The van der Waals surface area contributed by atoms with E-state index in [1.165, 1.54) is 42.5 Å². The monoisotopic (exact) mass is 492 g/mol. The van der Waals surface area contributed by atoms with Gasteiger partial charge >= 0.3 is 0 Å². The maximum atomic E-state index is 13.0. The summed E-state index contributed by atoms with van der Waals surface area (Å²) < 4.78 is 34.0. The van der Waals surface area contributed by atoms with Gasteiger partial charge < -0.3 is 10.2 Å². The Bertz CT molecular complexity index is 1200. The average Bonchev–Trinajstić information content (AvgIpc) is 2.66. The minimum Gasteiger partial charge on any atom is -0.506 e. The zero-order valence-electron chi connectivity index (χ0n) is 14.3. The van der Waals surface area contributed by atoms with Crippen molar-refractivity contribution in [2.75, 3.05) is 0 Å². The summed E-state index contributed by atoms with van der Waals surface area (Å²) in [6.07, 6.45) is 0. The largest absolute Gasteiger partial charge is 0.506 e. The van der Waals surface area contributed by atoms with Gasteiger partial charge in [0.25, 0.3) is 10.1 Å². The van der Waals surface area contributed by atoms with Crippen LogP contribution in [0.4, 0.5) is 0 Å². The topological polar surface area (TPSA) is 94.8 Å². The van der Waals surface area contributed by atoms with Crippen LogP contribution in [0.15, 0.2) is 54.6 Å². The Hall–Kier alpha value is -1.67. The molecule has 0 radical (unpaired) electrons. The molecule has 0 amide bonds. The van der Waals surface area contributed by atoms with Gasteiger partial charge in [0, 0.05) is 17.2 Å². The van der Waals surface area contributed by atoms with Crippen LogP contribution >= 0.6 is 46.4 Å². The zero-order chi connectivity index (χ0) is 21.6. The van der Waals surface area contributed by atoms with Crippen molar-refractivity contribution in [2.24, 2.45) is 0 Å². The molecule has 0 saturated heterocycles. The maximum Gasteiger partial charge on any atom is 0.283 e. The van der Waals surface area contributed by atoms with Gasteiger partial charge in [-0.1, -0.05) is 88.9 Å². The molecular weight excluding hydrogens is 482 g/mol. The third kappa shape index (κ3) is 3.44. The Labute approximate surface area is 186 Å². The number of rotatable bonds is 4. The molecule has 3 rings (SSSR count). The van der Waals surface area contributed by atoms with E-state index in [0.29, 0.717) is 0 Å². The lowest BCUT2D eigenvalue weighted by molar-refractivity contribution is 0.440.